The molecule has 0 heterocycles. The Labute approximate surface area is 74.2 Å². The molecule has 0 aromatic rings. The van der Waals surface area contributed by atoms with Gasteiger partial charge < -0.3 is 0 Å². The lowest BCUT2D eigenvalue weighted by molar-refractivity contribution is 2.37. The van der Waals surface area contributed by atoms with Crippen molar-refractivity contribution >= 4 is 62.2 Å². The fourth-order valence-corrected chi connectivity index (χ4v) is 0. The Hall–Kier alpha value is 1.85. The number of hydrogen-bond acceptors (Lipinski definition) is 1. The zero-order valence-corrected chi connectivity index (χ0v) is 9.69. The van der Waals surface area contributed by atoms with Gasteiger partial charge in [0.05, 0.1) is 0 Å². The first-order valence-electron chi connectivity index (χ1n) is 1.47. The van der Waals surface area contributed by atoms with Crippen LogP contribution in [0.3, 0.4) is 0 Å². The molecule has 0 aromatic carbocycles. The van der Waals surface area contributed by atoms with Crippen LogP contribution in [0, 0.1) is 0 Å². The summed E-state index contributed by atoms with van der Waals surface area (Å²) in [6.07, 6.45) is 4.08. The highest BCUT2D eigenvalue weighted by Gasteiger charge is 1.87. The number of rotatable bonds is 0. The topological polar surface area (TPSA) is 0 Å². The first kappa shape index (κ1) is 11.6. The first-order chi connectivity index (χ1) is 3.15. The van der Waals surface area contributed by atoms with Gasteiger partial charge in [0.2, 0.25) is 0 Å². The average molecular weight is 313 g/mol. The van der Waals surface area contributed by atoms with Gasteiger partial charge in [0.1, 0.15) is 0 Å². The van der Waals surface area contributed by atoms with Crippen molar-refractivity contribution in [3.8, 4) is 0 Å². The molecule has 0 aromatic heterocycles. The third-order valence-corrected chi connectivity index (χ3v) is 0. The van der Waals surface area contributed by atoms with Gasteiger partial charge in [-0.1, -0.05) is 0 Å². The predicted octanol–water partition coefficient (Wildman–Crippen LogP) is 3.14. The first-order valence-corrected chi connectivity index (χ1v) is 5.85. The van der Waals surface area contributed by atoms with E-state index in [-0.39, 0.29) is 3.18 Å². The quantitative estimate of drug-likeness (QED) is 0.619. The minimum atomic E-state index is 0.271. The normalized spacial score (nSPS) is 6.43. The second-order valence-electron chi connectivity index (χ2n) is 0.656. The fourth-order valence-electron chi connectivity index (χ4n) is 0. The van der Waals surface area contributed by atoms with Crippen LogP contribution in [0.4, 0.5) is 0 Å². The lowest BCUT2D eigenvalue weighted by atomic mass is 10.8. The van der Waals surface area contributed by atoms with Gasteiger partial charge in [0, 0.05) is 0 Å². The highest BCUT2D eigenvalue weighted by Crippen LogP contribution is 2.07. The summed E-state index contributed by atoms with van der Waals surface area (Å²) >= 11 is 11.1. The summed E-state index contributed by atoms with van der Waals surface area (Å²) in [6, 6.07) is 0. The Morgan fingerprint density at radius 3 is 1.14 bits per heavy atom. The summed E-state index contributed by atoms with van der Waals surface area (Å²) < 4.78 is 0.271. The van der Waals surface area contributed by atoms with Crippen LogP contribution in [0.2, 0.25) is 0 Å². The molecule has 5 heteroatoms. The highest BCUT2D eigenvalue weighted by atomic mass is 79.9. The van der Waals surface area contributed by atoms with Crippen molar-refractivity contribution < 1.29 is 0 Å². The van der Waals surface area contributed by atoms with E-state index in [0.29, 0.717) is 0 Å². The van der Waals surface area contributed by atoms with E-state index in [1.807, 2.05) is 12.5 Å². The van der Waals surface area contributed by atoms with Crippen LogP contribution >= 0.6 is 59.0 Å². The van der Waals surface area contributed by atoms with Crippen molar-refractivity contribution in [1.82, 2.24) is 0 Å². The number of hydrogen-bond donors (Lipinski definition) is 0. The van der Waals surface area contributed by atoms with Gasteiger partial charge in [-0.3, -0.25) is 0 Å². The van der Waals surface area contributed by atoms with Crippen molar-refractivity contribution in [2.75, 3.05) is 12.5 Å². The molecular weight excluding hydrogens is 307 g/mol. The Balaban J connectivity index is 0. The van der Waals surface area contributed by atoms with E-state index in [1.165, 1.54) is 0 Å². The number of thioether (sulfide) groups is 1. The van der Waals surface area contributed by atoms with Gasteiger partial charge in [-0.2, -0.15) is 11.8 Å². The molecule has 0 radical (unpaired) electrons. The van der Waals surface area contributed by atoms with E-state index in [0.717, 1.165) is 0 Å². The van der Waals surface area contributed by atoms with Crippen molar-refractivity contribution in [3.63, 3.8) is 0 Å². The monoisotopic (exact) mass is 310 g/mol. The molecule has 0 aliphatic carbocycles. The van der Waals surface area contributed by atoms with Crippen molar-refractivity contribution in [2.45, 2.75) is 0 Å². The van der Waals surface area contributed by atoms with Crippen LogP contribution in [-0.4, -0.2) is 15.7 Å². The SMILES string of the molecule is BrB(Br)Br.CSC. The van der Waals surface area contributed by atoms with Gasteiger partial charge in [-0.15, -0.1) is 47.3 Å². The van der Waals surface area contributed by atoms with Gasteiger partial charge in [-0.05, 0) is 12.5 Å². The van der Waals surface area contributed by atoms with E-state index in [2.05, 4.69) is 47.3 Å². The van der Waals surface area contributed by atoms with Gasteiger partial charge in [0.15, 0.2) is 0 Å². The molecule has 0 aliphatic heterocycles. The summed E-state index contributed by atoms with van der Waals surface area (Å²) in [6.45, 7) is 0. The molecule has 0 N–H and O–H groups in total. The van der Waals surface area contributed by atoms with Crippen LogP contribution in [0.25, 0.3) is 0 Å². The second-order valence-corrected chi connectivity index (χ2v) is 7.91. The zero-order valence-electron chi connectivity index (χ0n) is 4.12. The second kappa shape index (κ2) is 10.8. The van der Waals surface area contributed by atoms with Crippen LogP contribution in [-0.2, 0) is 0 Å². The average Bonchev–Trinajstić information content (AvgIpc) is 1.33. The molecule has 0 atom stereocenters. The molecule has 0 spiro atoms. The molecule has 0 aliphatic rings. The van der Waals surface area contributed by atoms with Crippen LogP contribution < -0.4 is 0 Å². The smallest absolute Gasteiger partial charge is 0.169 e. The summed E-state index contributed by atoms with van der Waals surface area (Å²) in [4.78, 5) is 0. The molecule has 0 amide bonds. The van der Waals surface area contributed by atoms with Gasteiger partial charge in [-0.25, -0.2) is 0 Å². The van der Waals surface area contributed by atoms with Crippen molar-refractivity contribution in [1.29, 1.82) is 0 Å². The van der Waals surface area contributed by atoms with E-state index < -0.39 is 0 Å². The van der Waals surface area contributed by atoms with E-state index >= 15 is 0 Å². The minimum absolute atomic E-state index is 0.271. The van der Waals surface area contributed by atoms with E-state index in [9.17, 15) is 0 Å². The van der Waals surface area contributed by atoms with Crippen molar-refractivity contribution in [2.24, 2.45) is 0 Å². The maximum atomic E-state index is 3.10. The lowest BCUT2D eigenvalue weighted by Gasteiger charge is -1.63. The highest BCUT2D eigenvalue weighted by molar-refractivity contribution is 9.69. The third kappa shape index (κ3) is 78.3. The Morgan fingerprint density at radius 1 is 1.14 bits per heavy atom. The molecule has 0 nitrogen and oxygen atoms in total. The Morgan fingerprint density at radius 2 is 1.14 bits per heavy atom. The third-order valence-electron chi connectivity index (χ3n) is 0. The summed E-state index contributed by atoms with van der Waals surface area (Å²) in [5.74, 6) is 0. The van der Waals surface area contributed by atoms with E-state index in [4.69, 9.17) is 0 Å². The standard InChI is InChI=1S/C2H6S.BBr3/c1-3-2;2-1(3)4/h1-2H3;. The predicted molar refractivity (Wildman–Crippen MR) is 52.0 cm³/mol. The largest absolute Gasteiger partial charge is 0.369 e. The maximum Gasteiger partial charge on any atom is 0.369 e. The fraction of sp³-hybridized carbons (Fsp3) is 1.00. The molecule has 7 heavy (non-hydrogen) atoms. The summed E-state index contributed by atoms with van der Waals surface area (Å²) in [7, 11) is 0. The molecule has 0 saturated heterocycles. The molecule has 0 unspecified atom stereocenters. The Bertz CT molecular complexity index is 24.1. The molecular formula is C2H6BBr3S. The number of halogens is 3. The zero-order chi connectivity index (χ0) is 6.28. The molecule has 0 saturated carbocycles. The van der Waals surface area contributed by atoms with Crippen molar-refractivity contribution in [3.05, 3.63) is 0 Å². The molecule has 0 bridgehead atoms. The van der Waals surface area contributed by atoms with Crippen LogP contribution in [0.1, 0.15) is 0 Å². The molecule has 44 valence electrons. The van der Waals surface area contributed by atoms with Crippen LogP contribution in [0.15, 0.2) is 0 Å². The van der Waals surface area contributed by atoms with E-state index in [1.54, 1.807) is 11.8 Å². The van der Waals surface area contributed by atoms with Crippen LogP contribution in [0.5, 0.6) is 0 Å². The van der Waals surface area contributed by atoms with Gasteiger partial charge in [0.25, 0.3) is 0 Å². The minimum Gasteiger partial charge on any atom is -0.169 e. The summed E-state index contributed by atoms with van der Waals surface area (Å²) in [5, 5.41) is 0. The molecule has 0 fully saturated rings. The Kier molecular flexibility index (Phi) is 17.9. The molecule has 0 rings (SSSR count). The van der Waals surface area contributed by atoms with Gasteiger partial charge >= 0.3 is 3.18 Å². The summed E-state index contributed by atoms with van der Waals surface area (Å²) in [5.41, 5.74) is 0. The lowest BCUT2D eigenvalue weighted by Crippen LogP contribution is -1.60. The maximum absolute atomic E-state index is 3.10.